The Hall–Kier alpha value is -1.65. The van der Waals surface area contributed by atoms with E-state index < -0.39 is 4.92 Å². The Morgan fingerprint density at radius 3 is 2.56 bits per heavy atom. The van der Waals surface area contributed by atoms with Gasteiger partial charge in [-0.1, -0.05) is 26.7 Å². The van der Waals surface area contributed by atoms with Gasteiger partial charge in [-0.3, -0.25) is 0 Å². The lowest BCUT2D eigenvalue weighted by Crippen LogP contribution is -2.12. The van der Waals surface area contributed by atoms with Crippen molar-refractivity contribution >= 4 is 11.5 Å². The average Bonchev–Trinajstić information content (AvgIpc) is 2.31. The van der Waals surface area contributed by atoms with Gasteiger partial charge in [-0.15, -0.1) is 0 Å². The van der Waals surface area contributed by atoms with Gasteiger partial charge in [0.25, 0.3) is 0 Å². The smallest absolute Gasteiger partial charge is 0.363 e. The van der Waals surface area contributed by atoms with Crippen molar-refractivity contribution in [1.82, 2.24) is 4.98 Å². The average molecular weight is 223 g/mol. The van der Waals surface area contributed by atoms with E-state index in [1.165, 1.54) is 12.3 Å². The summed E-state index contributed by atoms with van der Waals surface area (Å²) >= 11 is 0. The minimum Gasteiger partial charge on any atom is -0.382 e. The first-order chi connectivity index (χ1) is 7.67. The van der Waals surface area contributed by atoms with Crippen LogP contribution in [0, 0.1) is 16.0 Å². The number of rotatable bonds is 6. The van der Waals surface area contributed by atoms with Gasteiger partial charge in [0.15, 0.2) is 6.20 Å². The number of hydrogen-bond acceptors (Lipinski definition) is 4. The van der Waals surface area contributed by atoms with Crippen LogP contribution in [0.4, 0.5) is 11.5 Å². The van der Waals surface area contributed by atoms with Crippen LogP contribution in [0.25, 0.3) is 0 Å². The number of anilines is 1. The number of nitro groups is 1. The van der Waals surface area contributed by atoms with Gasteiger partial charge in [0.2, 0.25) is 0 Å². The lowest BCUT2D eigenvalue weighted by Gasteiger charge is -2.13. The molecule has 0 bridgehead atoms. The molecule has 0 aromatic carbocycles. The van der Waals surface area contributed by atoms with Crippen molar-refractivity contribution in [2.24, 2.45) is 5.92 Å². The number of pyridine rings is 1. The molecule has 0 saturated heterocycles. The summed E-state index contributed by atoms with van der Waals surface area (Å²) in [4.78, 5) is 13.6. The van der Waals surface area contributed by atoms with Crippen LogP contribution in [0.3, 0.4) is 0 Å². The van der Waals surface area contributed by atoms with Gasteiger partial charge in [-0.2, -0.15) is 0 Å². The second kappa shape index (κ2) is 6.05. The summed E-state index contributed by atoms with van der Waals surface area (Å²) in [5.74, 6) is 0.517. The molecular formula is C11H17N3O2. The van der Waals surface area contributed by atoms with Gasteiger partial charge in [-0.25, -0.2) is 0 Å². The zero-order valence-electron chi connectivity index (χ0n) is 9.64. The highest BCUT2D eigenvalue weighted by atomic mass is 16.6. The van der Waals surface area contributed by atoms with Crippen LogP contribution in [-0.2, 0) is 0 Å². The maximum absolute atomic E-state index is 10.4. The van der Waals surface area contributed by atoms with Crippen LogP contribution in [0.2, 0.25) is 0 Å². The second-order valence-corrected chi connectivity index (χ2v) is 3.73. The van der Waals surface area contributed by atoms with E-state index in [-0.39, 0.29) is 5.82 Å². The first kappa shape index (κ1) is 12.4. The zero-order valence-corrected chi connectivity index (χ0v) is 9.64. The van der Waals surface area contributed by atoms with Crippen molar-refractivity contribution in [3.8, 4) is 0 Å². The van der Waals surface area contributed by atoms with E-state index in [2.05, 4.69) is 24.1 Å². The van der Waals surface area contributed by atoms with Crippen LogP contribution < -0.4 is 5.32 Å². The maximum atomic E-state index is 10.4. The first-order valence-corrected chi connectivity index (χ1v) is 5.51. The lowest BCUT2D eigenvalue weighted by atomic mass is 10.0. The Morgan fingerprint density at radius 2 is 2.12 bits per heavy atom. The molecule has 1 rings (SSSR count). The zero-order chi connectivity index (χ0) is 12.0. The molecule has 0 amide bonds. The normalized spacial score (nSPS) is 10.4. The highest BCUT2D eigenvalue weighted by Gasteiger charge is 2.07. The third-order valence-electron chi connectivity index (χ3n) is 2.68. The fourth-order valence-electron chi connectivity index (χ4n) is 1.44. The Morgan fingerprint density at radius 1 is 1.44 bits per heavy atom. The minimum absolute atomic E-state index is 0.118. The number of hydrogen-bond donors (Lipinski definition) is 1. The van der Waals surface area contributed by atoms with Gasteiger partial charge >= 0.3 is 5.82 Å². The predicted molar refractivity (Wildman–Crippen MR) is 63.5 cm³/mol. The Kier molecular flexibility index (Phi) is 4.69. The topological polar surface area (TPSA) is 68.1 Å². The van der Waals surface area contributed by atoms with Crippen LogP contribution in [0.15, 0.2) is 18.3 Å². The third-order valence-corrected chi connectivity index (χ3v) is 2.68. The molecule has 1 N–H and O–H groups in total. The van der Waals surface area contributed by atoms with E-state index in [4.69, 9.17) is 0 Å². The summed E-state index contributed by atoms with van der Waals surface area (Å²) in [7, 11) is 0. The standard InChI is InChI=1S/C11H17N3O2/c1-3-9(4-2)7-12-10-5-6-11(13-8-10)14(15)16/h5-6,8-9,12H,3-4,7H2,1-2H3. The van der Waals surface area contributed by atoms with E-state index in [0.717, 1.165) is 25.1 Å². The van der Waals surface area contributed by atoms with E-state index in [1.54, 1.807) is 6.07 Å². The molecular weight excluding hydrogens is 206 g/mol. The molecule has 0 aliphatic carbocycles. The summed E-state index contributed by atoms with van der Waals surface area (Å²) in [5.41, 5.74) is 0.831. The summed E-state index contributed by atoms with van der Waals surface area (Å²) in [6.45, 7) is 5.19. The molecule has 88 valence electrons. The third kappa shape index (κ3) is 3.49. The Bertz CT molecular complexity index is 334. The molecule has 5 nitrogen and oxygen atoms in total. The van der Waals surface area contributed by atoms with E-state index >= 15 is 0 Å². The van der Waals surface area contributed by atoms with Crippen molar-refractivity contribution in [2.45, 2.75) is 26.7 Å². The van der Waals surface area contributed by atoms with E-state index in [1.807, 2.05) is 0 Å². The number of nitrogens with zero attached hydrogens (tertiary/aromatic N) is 2. The van der Waals surface area contributed by atoms with Crippen LogP contribution in [-0.4, -0.2) is 16.5 Å². The van der Waals surface area contributed by atoms with Gasteiger partial charge in [0, 0.05) is 12.6 Å². The molecule has 0 fully saturated rings. The molecule has 0 atom stereocenters. The summed E-state index contributed by atoms with van der Waals surface area (Å²) < 4.78 is 0. The van der Waals surface area contributed by atoms with E-state index in [9.17, 15) is 10.1 Å². The highest BCUT2D eigenvalue weighted by molar-refractivity contribution is 5.43. The van der Waals surface area contributed by atoms with Gasteiger partial charge in [0.05, 0.1) is 5.69 Å². The maximum Gasteiger partial charge on any atom is 0.363 e. The molecule has 1 heterocycles. The first-order valence-electron chi connectivity index (χ1n) is 5.51. The van der Waals surface area contributed by atoms with Crippen LogP contribution in [0.5, 0.6) is 0 Å². The Balaban J connectivity index is 2.52. The molecule has 0 radical (unpaired) electrons. The van der Waals surface area contributed by atoms with Crippen LogP contribution in [0.1, 0.15) is 26.7 Å². The number of aromatic nitrogens is 1. The van der Waals surface area contributed by atoms with Gasteiger partial charge in [-0.05, 0) is 21.9 Å². The van der Waals surface area contributed by atoms with Crippen molar-refractivity contribution in [3.63, 3.8) is 0 Å². The molecule has 0 saturated carbocycles. The molecule has 0 unspecified atom stereocenters. The van der Waals surface area contributed by atoms with Crippen molar-refractivity contribution in [2.75, 3.05) is 11.9 Å². The monoisotopic (exact) mass is 223 g/mol. The fraction of sp³-hybridized carbons (Fsp3) is 0.545. The molecule has 0 aliphatic rings. The molecule has 1 aromatic heterocycles. The van der Waals surface area contributed by atoms with Crippen molar-refractivity contribution in [3.05, 3.63) is 28.4 Å². The fourth-order valence-corrected chi connectivity index (χ4v) is 1.44. The second-order valence-electron chi connectivity index (χ2n) is 3.73. The molecule has 16 heavy (non-hydrogen) atoms. The summed E-state index contributed by atoms with van der Waals surface area (Å²) in [5, 5.41) is 13.6. The lowest BCUT2D eigenvalue weighted by molar-refractivity contribution is -0.389. The van der Waals surface area contributed by atoms with Crippen LogP contribution >= 0.6 is 0 Å². The van der Waals surface area contributed by atoms with Gasteiger partial charge in [0.1, 0.15) is 0 Å². The SMILES string of the molecule is CCC(CC)CNc1ccc([N+](=O)[O-])nc1. The summed E-state index contributed by atoms with van der Waals surface area (Å²) in [6.07, 6.45) is 3.76. The van der Waals surface area contributed by atoms with E-state index in [0.29, 0.717) is 5.92 Å². The van der Waals surface area contributed by atoms with Crippen molar-refractivity contribution in [1.29, 1.82) is 0 Å². The number of nitrogens with one attached hydrogen (secondary N) is 1. The van der Waals surface area contributed by atoms with Crippen molar-refractivity contribution < 1.29 is 4.92 Å². The molecule has 1 aromatic rings. The molecule has 0 spiro atoms. The highest BCUT2D eigenvalue weighted by Crippen LogP contribution is 2.13. The molecule has 0 aliphatic heterocycles. The summed E-state index contributed by atoms with van der Waals surface area (Å²) in [6, 6.07) is 3.10. The largest absolute Gasteiger partial charge is 0.382 e. The van der Waals surface area contributed by atoms with Gasteiger partial charge < -0.3 is 15.4 Å². The molecule has 5 heteroatoms. The predicted octanol–water partition coefficient (Wildman–Crippen LogP) is 2.84. The minimum atomic E-state index is -0.495. The Labute approximate surface area is 95.0 Å². The quantitative estimate of drug-likeness (QED) is 0.594.